The first-order valence-electron chi connectivity index (χ1n) is 6.17. The highest BCUT2D eigenvalue weighted by atomic mass is 32.2. The van der Waals surface area contributed by atoms with Gasteiger partial charge in [0.25, 0.3) is 5.69 Å². The first-order chi connectivity index (χ1) is 9.65. The molecule has 0 bridgehead atoms. The highest BCUT2D eigenvalue weighted by molar-refractivity contribution is 7.85. The lowest BCUT2D eigenvalue weighted by atomic mass is 10.3. The standard InChI is InChI=1S/C12H12N4O3S/c17-16(18)8-1-2-10-11(5-8)14-7-12(15-10)20(19)9-3-4-13-6-9/h1-2,5,7,9,13H,3-4,6H2/t9-,20?/m1/s1. The summed E-state index contributed by atoms with van der Waals surface area (Å²) in [5.74, 6) is 0. The van der Waals surface area contributed by atoms with E-state index in [0.717, 1.165) is 13.0 Å². The zero-order valence-electron chi connectivity index (χ0n) is 10.5. The minimum absolute atomic E-state index is 0.0272. The molecule has 1 saturated heterocycles. The van der Waals surface area contributed by atoms with E-state index in [1.807, 2.05) is 0 Å². The monoisotopic (exact) mass is 292 g/mol. The zero-order valence-corrected chi connectivity index (χ0v) is 11.3. The summed E-state index contributed by atoms with van der Waals surface area (Å²) in [5.41, 5.74) is 0.928. The average molecular weight is 292 g/mol. The van der Waals surface area contributed by atoms with Crippen LogP contribution in [-0.4, -0.2) is 37.4 Å². The molecule has 3 rings (SSSR count). The molecular formula is C12H12N4O3S. The minimum Gasteiger partial charge on any atom is -0.315 e. The first-order valence-corrected chi connectivity index (χ1v) is 7.39. The van der Waals surface area contributed by atoms with Crippen LogP contribution in [0.2, 0.25) is 0 Å². The van der Waals surface area contributed by atoms with E-state index in [-0.39, 0.29) is 10.9 Å². The Morgan fingerprint density at radius 2 is 2.25 bits per heavy atom. The Morgan fingerprint density at radius 3 is 2.95 bits per heavy atom. The molecule has 104 valence electrons. The van der Waals surface area contributed by atoms with Gasteiger partial charge in [0.15, 0.2) is 0 Å². The summed E-state index contributed by atoms with van der Waals surface area (Å²) in [7, 11) is -1.20. The number of hydrogen-bond donors (Lipinski definition) is 1. The molecule has 0 amide bonds. The number of rotatable bonds is 3. The number of aromatic nitrogens is 2. The summed E-state index contributed by atoms with van der Waals surface area (Å²) in [5, 5.41) is 14.3. The van der Waals surface area contributed by atoms with Crippen LogP contribution in [0.3, 0.4) is 0 Å². The molecule has 1 aliphatic rings. The van der Waals surface area contributed by atoms with Crippen molar-refractivity contribution in [3.8, 4) is 0 Å². The first kappa shape index (κ1) is 13.1. The van der Waals surface area contributed by atoms with E-state index in [4.69, 9.17) is 0 Å². The predicted molar refractivity (Wildman–Crippen MR) is 73.9 cm³/mol. The fraction of sp³-hybridized carbons (Fsp3) is 0.333. The van der Waals surface area contributed by atoms with Crippen LogP contribution >= 0.6 is 0 Å². The van der Waals surface area contributed by atoms with Crippen LogP contribution in [-0.2, 0) is 10.8 Å². The normalized spacial score (nSPS) is 20.1. The van der Waals surface area contributed by atoms with Crippen LogP contribution in [0.5, 0.6) is 0 Å². The minimum atomic E-state index is -1.20. The maximum Gasteiger partial charge on any atom is 0.271 e. The molecule has 8 heteroatoms. The number of nitro groups is 1. The molecule has 0 saturated carbocycles. The topological polar surface area (TPSA) is 98.0 Å². The van der Waals surface area contributed by atoms with E-state index in [2.05, 4.69) is 15.3 Å². The zero-order chi connectivity index (χ0) is 14.1. The van der Waals surface area contributed by atoms with Gasteiger partial charge in [-0.25, -0.2) is 4.98 Å². The van der Waals surface area contributed by atoms with E-state index >= 15 is 0 Å². The number of nitro benzene ring substituents is 1. The van der Waals surface area contributed by atoms with Crippen molar-refractivity contribution in [3.63, 3.8) is 0 Å². The predicted octanol–water partition coefficient (Wildman–Crippen LogP) is 1.01. The van der Waals surface area contributed by atoms with Gasteiger partial charge in [-0.2, -0.15) is 0 Å². The third-order valence-corrected chi connectivity index (χ3v) is 4.86. The molecule has 0 aliphatic carbocycles. The third kappa shape index (κ3) is 2.39. The molecular weight excluding hydrogens is 280 g/mol. The number of hydrogen-bond acceptors (Lipinski definition) is 6. The van der Waals surface area contributed by atoms with Crippen LogP contribution in [0.4, 0.5) is 5.69 Å². The summed E-state index contributed by atoms with van der Waals surface area (Å²) < 4.78 is 12.3. The quantitative estimate of drug-likeness (QED) is 0.669. The van der Waals surface area contributed by atoms with Crippen molar-refractivity contribution in [2.24, 2.45) is 0 Å². The van der Waals surface area contributed by atoms with E-state index in [1.165, 1.54) is 24.4 Å². The Balaban J connectivity index is 1.96. The SMILES string of the molecule is O=[N+]([O-])c1ccc2nc(S(=O)[C@@H]3CCNC3)cnc2c1. The van der Waals surface area contributed by atoms with Crippen molar-refractivity contribution in [1.29, 1.82) is 0 Å². The van der Waals surface area contributed by atoms with Crippen LogP contribution in [0.25, 0.3) is 11.0 Å². The van der Waals surface area contributed by atoms with Crippen LogP contribution in [0.1, 0.15) is 6.42 Å². The number of nitrogens with zero attached hydrogens (tertiary/aromatic N) is 3. The Hall–Kier alpha value is -1.93. The van der Waals surface area contributed by atoms with Gasteiger partial charge in [0.05, 0.1) is 38.2 Å². The maximum absolute atomic E-state index is 12.3. The van der Waals surface area contributed by atoms with E-state index < -0.39 is 15.7 Å². The van der Waals surface area contributed by atoms with E-state index in [9.17, 15) is 14.3 Å². The van der Waals surface area contributed by atoms with Crippen molar-refractivity contribution in [2.45, 2.75) is 16.7 Å². The molecule has 1 aliphatic heterocycles. The highest BCUT2D eigenvalue weighted by Gasteiger charge is 2.23. The average Bonchev–Trinajstić information content (AvgIpc) is 2.99. The Morgan fingerprint density at radius 1 is 1.40 bits per heavy atom. The second-order valence-corrected chi connectivity index (χ2v) is 6.23. The lowest BCUT2D eigenvalue weighted by Crippen LogP contribution is -2.19. The summed E-state index contributed by atoms with van der Waals surface area (Å²) >= 11 is 0. The largest absolute Gasteiger partial charge is 0.315 e. The van der Waals surface area contributed by atoms with E-state index in [0.29, 0.717) is 22.6 Å². The Kier molecular flexibility index (Phi) is 3.41. The number of nitrogens with one attached hydrogen (secondary N) is 1. The van der Waals surface area contributed by atoms with E-state index in [1.54, 1.807) is 0 Å². The van der Waals surface area contributed by atoms with Crippen LogP contribution < -0.4 is 5.32 Å². The molecule has 1 fully saturated rings. The number of fused-ring (bicyclic) bond motifs is 1. The fourth-order valence-electron chi connectivity index (χ4n) is 2.17. The smallest absolute Gasteiger partial charge is 0.271 e. The second kappa shape index (κ2) is 5.22. The van der Waals surface area contributed by atoms with Crippen LogP contribution in [0.15, 0.2) is 29.4 Å². The summed E-state index contributed by atoms with van der Waals surface area (Å²) in [6, 6.07) is 4.28. The summed E-state index contributed by atoms with van der Waals surface area (Å²) in [6.07, 6.45) is 2.30. The van der Waals surface area contributed by atoms with Gasteiger partial charge in [0.2, 0.25) is 0 Å². The van der Waals surface area contributed by atoms with Crippen molar-refractivity contribution < 1.29 is 9.13 Å². The van der Waals surface area contributed by atoms with Crippen molar-refractivity contribution in [1.82, 2.24) is 15.3 Å². The molecule has 2 heterocycles. The van der Waals surface area contributed by atoms with Gasteiger partial charge in [-0.1, -0.05) is 0 Å². The third-order valence-electron chi connectivity index (χ3n) is 3.24. The van der Waals surface area contributed by atoms with Gasteiger partial charge in [0, 0.05) is 18.7 Å². The van der Waals surface area contributed by atoms with Gasteiger partial charge in [-0.05, 0) is 19.0 Å². The number of non-ortho nitro benzene ring substituents is 1. The fourth-order valence-corrected chi connectivity index (χ4v) is 3.46. The lowest BCUT2D eigenvalue weighted by Gasteiger charge is -2.07. The number of benzene rings is 1. The molecule has 1 aromatic carbocycles. The molecule has 7 nitrogen and oxygen atoms in total. The van der Waals surface area contributed by atoms with Gasteiger partial charge < -0.3 is 5.32 Å². The molecule has 1 N–H and O–H groups in total. The van der Waals surface area contributed by atoms with Crippen molar-refractivity contribution in [2.75, 3.05) is 13.1 Å². The van der Waals surface area contributed by atoms with Gasteiger partial charge >= 0.3 is 0 Å². The summed E-state index contributed by atoms with van der Waals surface area (Å²) in [4.78, 5) is 18.7. The molecule has 20 heavy (non-hydrogen) atoms. The highest BCUT2D eigenvalue weighted by Crippen LogP contribution is 2.20. The molecule has 0 spiro atoms. The van der Waals surface area contributed by atoms with Crippen LogP contribution in [0, 0.1) is 10.1 Å². The maximum atomic E-state index is 12.3. The molecule has 2 aromatic rings. The van der Waals surface area contributed by atoms with Gasteiger partial charge in [-0.15, -0.1) is 0 Å². The second-order valence-electron chi connectivity index (χ2n) is 4.55. The van der Waals surface area contributed by atoms with Crippen molar-refractivity contribution in [3.05, 3.63) is 34.5 Å². The van der Waals surface area contributed by atoms with Gasteiger partial charge in [0.1, 0.15) is 5.03 Å². The van der Waals surface area contributed by atoms with Gasteiger partial charge in [-0.3, -0.25) is 19.3 Å². The van der Waals surface area contributed by atoms with Crippen molar-refractivity contribution >= 4 is 27.5 Å². The molecule has 2 atom stereocenters. The Bertz CT molecular complexity index is 700. The molecule has 1 unspecified atom stereocenters. The summed E-state index contributed by atoms with van der Waals surface area (Å²) in [6.45, 7) is 1.58. The lowest BCUT2D eigenvalue weighted by molar-refractivity contribution is -0.384. The molecule has 0 radical (unpaired) electrons. The molecule has 1 aromatic heterocycles. The Labute approximate surface area is 117 Å².